The Bertz CT molecular complexity index is 1480. The number of phenols is 1. The number of aliphatic hydroxyl groups excluding tert-OH is 3. The van der Waals surface area contributed by atoms with Gasteiger partial charge in [0, 0.05) is 17.9 Å². The molecule has 0 aliphatic heterocycles. The number of amides is 2. The molecule has 0 saturated carbocycles. The SMILES string of the molecule is CC1c2ccc(NC(=O)[C@@H](N)CCC(=O)O)c(O)c2C(=O)C2=C(O)C3(O)C(=O)C(C(N)=O)=C(O)[C@@H](N(C)C)C3C(O)C21. The highest BCUT2D eigenvalue weighted by atomic mass is 16.4. The summed E-state index contributed by atoms with van der Waals surface area (Å²) in [6.07, 6.45) is -2.34. The van der Waals surface area contributed by atoms with E-state index in [1.165, 1.54) is 31.1 Å². The molecule has 1 aromatic rings. The van der Waals surface area contributed by atoms with Crippen LogP contribution in [0.2, 0.25) is 0 Å². The van der Waals surface area contributed by atoms with Crippen LogP contribution in [0.3, 0.4) is 0 Å². The van der Waals surface area contributed by atoms with Gasteiger partial charge in [0.05, 0.1) is 35.4 Å². The fourth-order valence-electron chi connectivity index (χ4n) is 6.36. The maximum Gasteiger partial charge on any atom is 0.303 e. The number of Topliss-reactive ketones (excluding diaryl/α,β-unsaturated/α-hetero) is 2. The van der Waals surface area contributed by atoms with Crippen LogP contribution in [0, 0.1) is 11.8 Å². The number of carbonyl (C=O) groups is 5. The summed E-state index contributed by atoms with van der Waals surface area (Å²) in [6, 6.07) is 0.0391. The number of hydrogen-bond acceptors (Lipinski definition) is 12. The molecule has 0 aromatic heterocycles. The zero-order valence-electron chi connectivity index (χ0n) is 22.9. The third-order valence-electron chi connectivity index (χ3n) is 8.40. The molecule has 15 heteroatoms. The number of hydrogen-bond donors (Lipinski definition) is 9. The highest BCUT2D eigenvalue weighted by Gasteiger charge is 2.67. The van der Waals surface area contributed by atoms with Crippen LogP contribution >= 0.6 is 0 Å². The van der Waals surface area contributed by atoms with Crippen molar-refractivity contribution in [3.8, 4) is 5.75 Å². The molecule has 226 valence electrons. The number of phenolic OH excluding ortho intramolecular Hbond substituents is 1. The molecule has 0 heterocycles. The normalized spacial score (nSPS) is 29.5. The fourth-order valence-corrected chi connectivity index (χ4v) is 6.36. The molecule has 3 aliphatic rings. The molecule has 0 saturated heterocycles. The summed E-state index contributed by atoms with van der Waals surface area (Å²) >= 11 is 0. The number of rotatable bonds is 7. The molecule has 0 spiro atoms. The first-order valence-electron chi connectivity index (χ1n) is 12.9. The number of aliphatic carboxylic acids is 1. The van der Waals surface area contributed by atoms with E-state index in [-0.39, 0.29) is 24.1 Å². The number of nitrogens with zero attached hydrogens (tertiary/aromatic N) is 1. The minimum atomic E-state index is -3.05. The van der Waals surface area contributed by atoms with Crippen molar-refractivity contribution in [1.29, 1.82) is 0 Å². The number of aliphatic hydroxyl groups is 4. The zero-order chi connectivity index (χ0) is 31.6. The van der Waals surface area contributed by atoms with Gasteiger partial charge in [0.1, 0.15) is 17.1 Å². The number of carboxylic acid groups (broad SMARTS) is 1. The number of aromatic hydroxyl groups is 1. The van der Waals surface area contributed by atoms with Crippen molar-refractivity contribution in [3.63, 3.8) is 0 Å². The van der Waals surface area contributed by atoms with Crippen molar-refractivity contribution in [1.82, 2.24) is 4.90 Å². The van der Waals surface area contributed by atoms with Gasteiger partial charge in [0.25, 0.3) is 5.91 Å². The van der Waals surface area contributed by atoms with E-state index < -0.39 is 105 Å². The maximum absolute atomic E-state index is 13.9. The molecule has 1 aromatic carbocycles. The lowest BCUT2D eigenvalue weighted by Crippen LogP contribution is -2.68. The predicted octanol–water partition coefficient (Wildman–Crippen LogP) is -1.22. The quantitative estimate of drug-likeness (QED) is 0.134. The predicted molar refractivity (Wildman–Crippen MR) is 143 cm³/mol. The van der Waals surface area contributed by atoms with E-state index in [4.69, 9.17) is 16.6 Å². The lowest BCUT2D eigenvalue weighted by molar-refractivity contribution is -0.162. The summed E-state index contributed by atoms with van der Waals surface area (Å²) in [5, 5.41) is 67.8. The Hall–Kier alpha value is -4.31. The lowest BCUT2D eigenvalue weighted by Gasteiger charge is -2.53. The van der Waals surface area contributed by atoms with Crippen LogP contribution in [0.15, 0.2) is 34.8 Å². The smallest absolute Gasteiger partial charge is 0.303 e. The fraction of sp³-hybridized carbons (Fsp3) is 0.444. The largest absolute Gasteiger partial charge is 0.510 e. The van der Waals surface area contributed by atoms with Crippen LogP contribution in [0.4, 0.5) is 5.69 Å². The Labute approximate surface area is 238 Å². The van der Waals surface area contributed by atoms with Crippen molar-refractivity contribution < 1.29 is 54.6 Å². The van der Waals surface area contributed by atoms with Crippen molar-refractivity contribution >= 4 is 35.0 Å². The van der Waals surface area contributed by atoms with Gasteiger partial charge in [-0.2, -0.15) is 0 Å². The van der Waals surface area contributed by atoms with Gasteiger partial charge in [-0.1, -0.05) is 13.0 Å². The van der Waals surface area contributed by atoms with Crippen molar-refractivity contribution in [3.05, 3.63) is 45.9 Å². The van der Waals surface area contributed by atoms with Gasteiger partial charge in [0.15, 0.2) is 17.1 Å². The van der Waals surface area contributed by atoms with Crippen molar-refractivity contribution in [2.45, 2.75) is 49.5 Å². The van der Waals surface area contributed by atoms with Crippen LogP contribution in [-0.2, 0) is 19.2 Å². The number of nitrogens with one attached hydrogen (secondary N) is 1. The molecule has 0 fully saturated rings. The molecule has 7 atom stereocenters. The minimum Gasteiger partial charge on any atom is -0.510 e. The topological polar surface area (TPSA) is 274 Å². The van der Waals surface area contributed by atoms with Crippen molar-refractivity contribution in [2.75, 3.05) is 19.4 Å². The van der Waals surface area contributed by atoms with Crippen LogP contribution in [0.5, 0.6) is 5.75 Å². The Morgan fingerprint density at radius 3 is 2.31 bits per heavy atom. The number of carboxylic acids is 1. The van der Waals surface area contributed by atoms with E-state index in [1.54, 1.807) is 6.92 Å². The van der Waals surface area contributed by atoms with Crippen LogP contribution in [-0.4, -0.2) is 103 Å². The highest BCUT2D eigenvalue weighted by Crippen LogP contribution is 2.56. The van der Waals surface area contributed by atoms with Crippen LogP contribution in [0.1, 0.15) is 41.6 Å². The van der Waals surface area contributed by atoms with Gasteiger partial charge in [0.2, 0.25) is 11.7 Å². The molecule has 5 unspecified atom stereocenters. The molecular weight excluding hydrogens is 556 g/mol. The Morgan fingerprint density at radius 1 is 1.14 bits per heavy atom. The number of primary amides is 1. The van der Waals surface area contributed by atoms with E-state index in [0.717, 1.165) is 0 Å². The standard InChI is InChI=1S/C27H32N4O11/c1-8-9-4-6-11(30-26(41)10(28)5-7-12(32)33)19(34)14(9)20(35)15-13(8)21(36)17-18(31(2)3)22(37)16(25(29)40)24(39)27(17,42)23(15)38/h4,6,8,10,13,17-18,21,34,36-38,42H,5,7,28H2,1-3H3,(H2,29,40)(H,30,41)(H,32,33)/t8?,10-,13?,17?,18-,21?,27?/m0/s1. The number of nitrogens with two attached hydrogens (primary N) is 2. The third-order valence-corrected chi connectivity index (χ3v) is 8.40. The maximum atomic E-state index is 13.9. The number of fused-ring (bicyclic) bond motifs is 3. The van der Waals surface area contributed by atoms with Gasteiger partial charge < -0.3 is 47.4 Å². The summed E-state index contributed by atoms with van der Waals surface area (Å²) in [5.41, 5.74) is 5.92. The second-order valence-corrected chi connectivity index (χ2v) is 11.0. The molecule has 2 amide bonds. The van der Waals surface area contributed by atoms with Gasteiger partial charge in [-0.25, -0.2) is 0 Å². The number of carbonyl (C=O) groups excluding carboxylic acids is 4. The number of benzene rings is 1. The molecule has 4 rings (SSSR count). The number of ketones is 2. The van der Waals surface area contributed by atoms with Crippen molar-refractivity contribution in [2.24, 2.45) is 23.3 Å². The molecule has 0 bridgehead atoms. The molecule has 11 N–H and O–H groups in total. The van der Waals surface area contributed by atoms with Gasteiger partial charge in [-0.3, -0.25) is 28.9 Å². The number of likely N-dealkylation sites (N-methyl/N-ethyl adjacent to an activating group) is 1. The lowest BCUT2D eigenvalue weighted by atomic mass is 9.55. The molecular formula is C27H32N4O11. The average molecular weight is 589 g/mol. The van der Waals surface area contributed by atoms with E-state index in [1.807, 2.05) is 0 Å². The minimum absolute atomic E-state index is 0.206. The Morgan fingerprint density at radius 2 is 1.76 bits per heavy atom. The van der Waals surface area contributed by atoms with E-state index in [2.05, 4.69) is 5.32 Å². The summed E-state index contributed by atoms with van der Waals surface area (Å²) in [6.45, 7) is 1.57. The van der Waals surface area contributed by atoms with Crippen LogP contribution in [0.25, 0.3) is 0 Å². The summed E-state index contributed by atoms with van der Waals surface area (Å²) in [4.78, 5) is 64.0. The first-order valence-corrected chi connectivity index (χ1v) is 12.9. The van der Waals surface area contributed by atoms with E-state index in [9.17, 15) is 49.5 Å². The molecule has 15 nitrogen and oxygen atoms in total. The second kappa shape index (κ2) is 10.5. The average Bonchev–Trinajstić information content (AvgIpc) is 2.90. The molecule has 3 aliphatic carbocycles. The monoisotopic (exact) mass is 588 g/mol. The van der Waals surface area contributed by atoms with Crippen LogP contribution < -0.4 is 16.8 Å². The first kappa shape index (κ1) is 30.6. The number of anilines is 1. The summed E-state index contributed by atoms with van der Waals surface area (Å²) in [5.74, 6) is -12.4. The zero-order valence-corrected chi connectivity index (χ0v) is 22.9. The molecule has 0 radical (unpaired) electrons. The van der Waals surface area contributed by atoms with Gasteiger partial charge in [-0.05, 0) is 38.1 Å². The van der Waals surface area contributed by atoms with E-state index >= 15 is 0 Å². The summed E-state index contributed by atoms with van der Waals surface area (Å²) in [7, 11) is 2.87. The van der Waals surface area contributed by atoms with Gasteiger partial charge in [-0.15, -0.1) is 0 Å². The Kier molecular flexibility index (Phi) is 7.67. The summed E-state index contributed by atoms with van der Waals surface area (Å²) < 4.78 is 0. The Balaban J connectivity index is 1.86. The first-order chi connectivity index (χ1) is 19.5. The highest BCUT2D eigenvalue weighted by molar-refractivity contribution is 6.25. The van der Waals surface area contributed by atoms with E-state index in [0.29, 0.717) is 0 Å². The molecule has 42 heavy (non-hydrogen) atoms. The third kappa shape index (κ3) is 4.32. The van der Waals surface area contributed by atoms with Gasteiger partial charge >= 0.3 is 5.97 Å². The second-order valence-electron chi connectivity index (χ2n) is 11.0.